The molecule has 0 atom stereocenters. The van der Waals surface area contributed by atoms with E-state index in [1.807, 2.05) is 29.8 Å². The highest BCUT2D eigenvalue weighted by atomic mass is 32.1. The molecule has 4 heteroatoms. The number of hydrogen-bond donors (Lipinski definition) is 1. The van der Waals surface area contributed by atoms with Gasteiger partial charge in [-0.15, -0.1) is 11.3 Å². The summed E-state index contributed by atoms with van der Waals surface area (Å²) in [7, 11) is 1.68. The average molecular weight is 248 g/mol. The molecule has 0 amide bonds. The van der Waals surface area contributed by atoms with Crippen LogP contribution < -0.4 is 10.1 Å². The highest BCUT2D eigenvalue weighted by Crippen LogP contribution is 2.17. The van der Waals surface area contributed by atoms with E-state index in [2.05, 4.69) is 17.2 Å². The number of aromatic nitrogens is 1. The predicted octanol–water partition coefficient (Wildman–Crippen LogP) is 3.11. The third kappa shape index (κ3) is 3.20. The van der Waals surface area contributed by atoms with Gasteiger partial charge in [-0.3, -0.25) is 0 Å². The van der Waals surface area contributed by atoms with Crippen LogP contribution in [0, 0.1) is 6.92 Å². The second kappa shape index (κ2) is 5.68. The Balaban J connectivity index is 1.87. The summed E-state index contributed by atoms with van der Waals surface area (Å²) in [5, 5.41) is 3.38. The predicted molar refractivity (Wildman–Crippen MR) is 72.0 cm³/mol. The lowest BCUT2D eigenvalue weighted by Gasteiger charge is -2.07. The van der Waals surface area contributed by atoms with Gasteiger partial charge in [-0.1, -0.05) is 6.07 Å². The molecule has 0 aliphatic rings. The summed E-state index contributed by atoms with van der Waals surface area (Å²) in [6.45, 7) is 2.97. The van der Waals surface area contributed by atoms with Crippen LogP contribution in [0.25, 0.3) is 0 Å². The fraction of sp³-hybridized carbons (Fsp3) is 0.308. The molecular weight excluding hydrogens is 232 g/mol. The molecule has 2 aromatic rings. The van der Waals surface area contributed by atoms with Crippen molar-refractivity contribution in [2.75, 3.05) is 19.0 Å². The maximum absolute atomic E-state index is 5.18. The van der Waals surface area contributed by atoms with Crippen LogP contribution in [0.3, 0.4) is 0 Å². The molecule has 2 rings (SSSR count). The molecule has 0 unspecified atom stereocenters. The Morgan fingerprint density at radius 3 is 3.00 bits per heavy atom. The van der Waals surface area contributed by atoms with Crippen molar-refractivity contribution in [3.05, 3.63) is 40.3 Å². The number of thiazole rings is 1. The van der Waals surface area contributed by atoms with Crippen LogP contribution in [0.4, 0.5) is 5.69 Å². The minimum Gasteiger partial charge on any atom is -0.497 e. The summed E-state index contributed by atoms with van der Waals surface area (Å²) < 4.78 is 5.18. The summed E-state index contributed by atoms with van der Waals surface area (Å²) in [6, 6.07) is 7.97. The van der Waals surface area contributed by atoms with Gasteiger partial charge in [0, 0.05) is 29.6 Å². The van der Waals surface area contributed by atoms with E-state index < -0.39 is 0 Å². The summed E-state index contributed by atoms with van der Waals surface area (Å²) in [5.74, 6) is 0.879. The normalized spacial score (nSPS) is 10.2. The molecule has 0 saturated heterocycles. The molecule has 90 valence electrons. The van der Waals surface area contributed by atoms with E-state index in [0.717, 1.165) is 30.1 Å². The number of nitrogens with one attached hydrogen (secondary N) is 1. The Morgan fingerprint density at radius 2 is 2.29 bits per heavy atom. The lowest BCUT2D eigenvalue weighted by Crippen LogP contribution is -2.04. The number of methoxy groups -OCH3 is 1. The van der Waals surface area contributed by atoms with Crippen molar-refractivity contribution < 1.29 is 4.74 Å². The van der Waals surface area contributed by atoms with Crippen molar-refractivity contribution in [2.45, 2.75) is 13.3 Å². The van der Waals surface area contributed by atoms with Crippen molar-refractivity contribution in [3.63, 3.8) is 0 Å². The number of nitrogens with zero attached hydrogens (tertiary/aromatic N) is 1. The molecule has 0 aliphatic carbocycles. The molecule has 0 radical (unpaired) electrons. The SMILES string of the molecule is COc1cccc(NCCc2scnc2C)c1. The number of anilines is 1. The van der Waals surface area contributed by atoms with Gasteiger partial charge in [0.15, 0.2) is 0 Å². The van der Waals surface area contributed by atoms with Gasteiger partial charge in [0.05, 0.1) is 18.3 Å². The van der Waals surface area contributed by atoms with Crippen molar-refractivity contribution in [1.82, 2.24) is 4.98 Å². The van der Waals surface area contributed by atoms with Crippen LogP contribution in [-0.4, -0.2) is 18.6 Å². The molecule has 1 heterocycles. The van der Waals surface area contributed by atoms with Gasteiger partial charge in [0.2, 0.25) is 0 Å². The topological polar surface area (TPSA) is 34.1 Å². The maximum atomic E-state index is 5.18. The van der Waals surface area contributed by atoms with Gasteiger partial charge in [-0.05, 0) is 19.1 Å². The van der Waals surface area contributed by atoms with E-state index >= 15 is 0 Å². The number of rotatable bonds is 5. The molecule has 0 spiro atoms. The Labute approximate surface area is 105 Å². The zero-order chi connectivity index (χ0) is 12.1. The largest absolute Gasteiger partial charge is 0.497 e. The highest BCUT2D eigenvalue weighted by Gasteiger charge is 2.01. The molecule has 0 aliphatic heterocycles. The monoisotopic (exact) mass is 248 g/mol. The summed E-state index contributed by atoms with van der Waals surface area (Å²) >= 11 is 1.72. The van der Waals surface area contributed by atoms with E-state index in [9.17, 15) is 0 Å². The number of ether oxygens (including phenoxy) is 1. The first-order valence-corrected chi connectivity index (χ1v) is 6.44. The first-order chi connectivity index (χ1) is 8.29. The molecule has 1 aromatic carbocycles. The van der Waals surface area contributed by atoms with Gasteiger partial charge >= 0.3 is 0 Å². The van der Waals surface area contributed by atoms with Gasteiger partial charge in [0.1, 0.15) is 5.75 Å². The van der Waals surface area contributed by atoms with Gasteiger partial charge < -0.3 is 10.1 Å². The Hall–Kier alpha value is -1.55. The van der Waals surface area contributed by atoms with Crippen molar-refractivity contribution >= 4 is 17.0 Å². The third-order valence-electron chi connectivity index (χ3n) is 2.60. The zero-order valence-corrected chi connectivity index (χ0v) is 10.9. The van der Waals surface area contributed by atoms with Crippen LogP contribution in [0.5, 0.6) is 5.75 Å². The van der Waals surface area contributed by atoms with Crippen LogP contribution in [-0.2, 0) is 6.42 Å². The lowest BCUT2D eigenvalue weighted by atomic mass is 10.2. The van der Waals surface area contributed by atoms with E-state index in [-0.39, 0.29) is 0 Å². The first-order valence-electron chi connectivity index (χ1n) is 5.56. The Kier molecular flexibility index (Phi) is 3.98. The smallest absolute Gasteiger partial charge is 0.120 e. The first kappa shape index (κ1) is 11.9. The third-order valence-corrected chi connectivity index (χ3v) is 3.59. The summed E-state index contributed by atoms with van der Waals surface area (Å²) in [6.07, 6.45) is 1.01. The number of aryl methyl sites for hydroxylation is 1. The maximum Gasteiger partial charge on any atom is 0.120 e. The lowest BCUT2D eigenvalue weighted by molar-refractivity contribution is 0.415. The van der Waals surface area contributed by atoms with Crippen molar-refractivity contribution in [3.8, 4) is 5.75 Å². The molecule has 17 heavy (non-hydrogen) atoms. The second-order valence-corrected chi connectivity index (χ2v) is 4.71. The Morgan fingerprint density at radius 1 is 1.41 bits per heavy atom. The second-order valence-electron chi connectivity index (χ2n) is 3.77. The summed E-state index contributed by atoms with van der Waals surface area (Å²) in [4.78, 5) is 5.59. The standard InChI is InChI=1S/C13H16N2OS/c1-10-13(17-9-15-10)6-7-14-11-4-3-5-12(8-11)16-2/h3-5,8-9,14H,6-7H2,1-2H3. The van der Waals surface area contributed by atoms with Gasteiger partial charge in [-0.25, -0.2) is 4.98 Å². The Bertz CT molecular complexity index is 482. The van der Waals surface area contributed by atoms with Crippen molar-refractivity contribution in [1.29, 1.82) is 0 Å². The molecule has 0 saturated carbocycles. The van der Waals surface area contributed by atoms with E-state index in [0.29, 0.717) is 0 Å². The van der Waals surface area contributed by atoms with E-state index in [1.165, 1.54) is 4.88 Å². The van der Waals surface area contributed by atoms with Crippen LogP contribution in [0.15, 0.2) is 29.8 Å². The van der Waals surface area contributed by atoms with Crippen LogP contribution in [0.1, 0.15) is 10.6 Å². The minimum atomic E-state index is 0.879. The van der Waals surface area contributed by atoms with E-state index in [4.69, 9.17) is 4.74 Å². The minimum absolute atomic E-state index is 0.879. The molecular formula is C13H16N2OS. The number of benzene rings is 1. The molecule has 0 fully saturated rings. The molecule has 1 N–H and O–H groups in total. The van der Waals surface area contributed by atoms with Crippen LogP contribution >= 0.6 is 11.3 Å². The molecule has 1 aromatic heterocycles. The van der Waals surface area contributed by atoms with Crippen molar-refractivity contribution in [2.24, 2.45) is 0 Å². The van der Waals surface area contributed by atoms with Gasteiger partial charge in [0.25, 0.3) is 0 Å². The van der Waals surface area contributed by atoms with Gasteiger partial charge in [-0.2, -0.15) is 0 Å². The zero-order valence-electron chi connectivity index (χ0n) is 10.1. The average Bonchev–Trinajstić information content (AvgIpc) is 2.76. The fourth-order valence-electron chi connectivity index (χ4n) is 1.62. The molecule has 3 nitrogen and oxygen atoms in total. The van der Waals surface area contributed by atoms with Crippen LogP contribution in [0.2, 0.25) is 0 Å². The summed E-state index contributed by atoms with van der Waals surface area (Å²) in [5.41, 5.74) is 4.13. The number of hydrogen-bond acceptors (Lipinski definition) is 4. The van der Waals surface area contributed by atoms with E-state index in [1.54, 1.807) is 18.4 Å². The quantitative estimate of drug-likeness (QED) is 0.882. The fourth-order valence-corrected chi connectivity index (χ4v) is 2.40. The highest BCUT2D eigenvalue weighted by molar-refractivity contribution is 7.09. The molecule has 0 bridgehead atoms.